The number of nitrogens with two attached hydrogens (primary N) is 1. The zero-order chi connectivity index (χ0) is 14.6. The average molecular weight is 280 g/mol. The molecule has 1 rings (SSSR count). The molecule has 1 aromatic carbocycles. The van der Waals surface area contributed by atoms with Crippen LogP contribution in [-0.4, -0.2) is 35.6 Å². The van der Waals surface area contributed by atoms with E-state index in [9.17, 15) is 13.2 Å². The molecule has 5 nitrogen and oxygen atoms in total. The number of alkyl halides is 2. The molecule has 0 heterocycles. The fourth-order valence-corrected chi connectivity index (χ4v) is 1.32. The third-order valence-electron chi connectivity index (χ3n) is 2.45. The molecule has 5 N–H and O–H groups in total. The zero-order valence-electron chi connectivity index (χ0n) is 10.2. The first-order chi connectivity index (χ1) is 8.81. The van der Waals surface area contributed by atoms with Gasteiger partial charge in [0.15, 0.2) is 11.6 Å². The lowest BCUT2D eigenvalue weighted by Gasteiger charge is -2.28. The molecular formula is C11H15F3N2O3. The maximum absolute atomic E-state index is 13.3. The van der Waals surface area contributed by atoms with Gasteiger partial charge in [-0.3, -0.25) is 0 Å². The Morgan fingerprint density at radius 1 is 1.37 bits per heavy atom. The van der Waals surface area contributed by atoms with Crippen LogP contribution < -0.4 is 15.8 Å². The molecule has 0 fully saturated rings. The summed E-state index contributed by atoms with van der Waals surface area (Å²) in [7, 11) is 0. The van der Waals surface area contributed by atoms with E-state index in [1.807, 2.05) is 0 Å². The molecule has 1 aromatic rings. The number of hydrogen-bond donors (Lipinski definition) is 4. The van der Waals surface area contributed by atoms with E-state index in [1.165, 1.54) is 6.92 Å². The topological polar surface area (TPSA) is 87.7 Å². The van der Waals surface area contributed by atoms with Crippen LogP contribution in [0.5, 0.6) is 5.75 Å². The van der Waals surface area contributed by atoms with Gasteiger partial charge in [0.05, 0.1) is 30.1 Å². The van der Waals surface area contributed by atoms with Crippen LogP contribution in [0.2, 0.25) is 0 Å². The molecule has 0 saturated heterocycles. The summed E-state index contributed by atoms with van der Waals surface area (Å²) in [5.41, 5.74) is 4.41. The van der Waals surface area contributed by atoms with Crippen molar-refractivity contribution in [3.8, 4) is 5.75 Å². The maximum atomic E-state index is 13.3. The third kappa shape index (κ3) is 3.90. The van der Waals surface area contributed by atoms with Crippen LogP contribution in [0.25, 0.3) is 0 Å². The molecule has 0 aliphatic heterocycles. The fourth-order valence-electron chi connectivity index (χ4n) is 1.32. The zero-order valence-corrected chi connectivity index (χ0v) is 10.2. The molecule has 0 radical (unpaired) electrons. The lowest BCUT2D eigenvalue weighted by molar-refractivity contribution is -0.0521. The summed E-state index contributed by atoms with van der Waals surface area (Å²) >= 11 is 0. The first-order valence-corrected chi connectivity index (χ1v) is 5.35. The smallest absolute Gasteiger partial charge is 0.387 e. The second kappa shape index (κ2) is 5.98. The van der Waals surface area contributed by atoms with Crippen LogP contribution in [0.3, 0.4) is 0 Å². The number of rotatable bonds is 6. The average Bonchev–Trinajstić information content (AvgIpc) is 2.34. The van der Waals surface area contributed by atoms with Gasteiger partial charge in [-0.2, -0.15) is 8.78 Å². The molecule has 0 saturated carbocycles. The van der Waals surface area contributed by atoms with Gasteiger partial charge in [0.1, 0.15) is 0 Å². The van der Waals surface area contributed by atoms with E-state index in [0.29, 0.717) is 0 Å². The highest BCUT2D eigenvalue weighted by Gasteiger charge is 2.24. The van der Waals surface area contributed by atoms with Crippen molar-refractivity contribution >= 4 is 11.4 Å². The van der Waals surface area contributed by atoms with E-state index in [4.69, 9.17) is 15.9 Å². The second-order valence-corrected chi connectivity index (χ2v) is 4.25. The highest BCUT2D eigenvalue weighted by atomic mass is 19.3. The number of anilines is 2. The minimum atomic E-state index is -3.17. The third-order valence-corrected chi connectivity index (χ3v) is 2.45. The first kappa shape index (κ1) is 15.4. The largest absolute Gasteiger partial charge is 0.432 e. The lowest BCUT2D eigenvalue weighted by Crippen LogP contribution is -2.42. The predicted octanol–water partition coefficient (Wildman–Crippen LogP) is 1.16. The summed E-state index contributed by atoms with van der Waals surface area (Å²) in [6.07, 6.45) is 0. The molecule has 0 aromatic heterocycles. The van der Waals surface area contributed by atoms with Crippen molar-refractivity contribution in [2.45, 2.75) is 19.1 Å². The molecule has 0 amide bonds. The van der Waals surface area contributed by atoms with Crippen molar-refractivity contribution in [1.82, 2.24) is 0 Å². The fraction of sp³-hybridized carbons (Fsp3) is 0.455. The minimum Gasteiger partial charge on any atom is -0.432 e. The molecule has 0 atom stereocenters. The predicted molar refractivity (Wildman–Crippen MR) is 63.6 cm³/mol. The van der Waals surface area contributed by atoms with E-state index in [2.05, 4.69) is 10.1 Å². The summed E-state index contributed by atoms with van der Waals surface area (Å²) < 4.78 is 41.5. The molecule has 108 valence electrons. The highest BCUT2D eigenvalue weighted by molar-refractivity contribution is 5.69. The van der Waals surface area contributed by atoms with E-state index < -0.39 is 36.9 Å². The van der Waals surface area contributed by atoms with Crippen molar-refractivity contribution in [3.63, 3.8) is 0 Å². The molecule has 19 heavy (non-hydrogen) atoms. The summed E-state index contributed by atoms with van der Waals surface area (Å²) in [6, 6.07) is 1.76. The normalized spacial score (nSPS) is 11.7. The molecule has 8 heteroatoms. The number of halogens is 3. The Balaban J connectivity index is 3.07. The van der Waals surface area contributed by atoms with Gasteiger partial charge in [-0.05, 0) is 6.92 Å². The number of benzene rings is 1. The number of aliphatic hydroxyl groups excluding tert-OH is 2. The SMILES string of the molecule is CC(CO)(CO)Nc1cc(OC(F)F)c(F)cc1N. The van der Waals surface area contributed by atoms with E-state index in [1.54, 1.807) is 0 Å². The first-order valence-electron chi connectivity index (χ1n) is 5.35. The number of ether oxygens (including phenoxy) is 1. The van der Waals surface area contributed by atoms with E-state index in [-0.39, 0.29) is 11.4 Å². The van der Waals surface area contributed by atoms with Crippen LogP contribution in [0.1, 0.15) is 6.92 Å². The quantitative estimate of drug-likeness (QED) is 0.587. The van der Waals surface area contributed by atoms with E-state index in [0.717, 1.165) is 12.1 Å². The molecular weight excluding hydrogens is 265 g/mol. The minimum absolute atomic E-state index is 0.0627. The van der Waals surface area contributed by atoms with Crippen molar-refractivity contribution < 1.29 is 28.1 Å². The van der Waals surface area contributed by atoms with Crippen molar-refractivity contribution in [2.24, 2.45) is 0 Å². The number of aliphatic hydroxyl groups is 2. The lowest BCUT2D eigenvalue weighted by atomic mass is 10.0. The Kier molecular flexibility index (Phi) is 4.84. The molecule has 0 unspecified atom stereocenters. The Morgan fingerprint density at radius 3 is 2.42 bits per heavy atom. The molecule has 0 spiro atoms. The van der Waals surface area contributed by atoms with Gasteiger partial charge in [-0.25, -0.2) is 4.39 Å². The monoisotopic (exact) mass is 280 g/mol. The standard InChI is InChI=1S/C11H15F3N2O3/c1-11(4-17,5-18)16-8-3-9(19-10(13)14)6(12)2-7(8)15/h2-3,10,16-18H,4-5,15H2,1H3. The Labute approximate surface area is 107 Å². The summed E-state index contributed by atoms with van der Waals surface area (Å²) in [4.78, 5) is 0. The van der Waals surface area contributed by atoms with Gasteiger partial charge < -0.3 is 26.0 Å². The number of nitrogen functional groups attached to an aromatic ring is 1. The highest BCUT2D eigenvalue weighted by Crippen LogP contribution is 2.31. The summed E-state index contributed by atoms with van der Waals surface area (Å²) in [5.74, 6) is -1.71. The molecule has 0 bridgehead atoms. The Morgan fingerprint density at radius 2 is 1.95 bits per heavy atom. The van der Waals surface area contributed by atoms with Gasteiger partial charge in [0.25, 0.3) is 0 Å². The number of nitrogens with one attached hydrogen (secondary N) is 1. The summed E-state index contributed by atoms with van der Waals surface area (Å²) in [6.45, 7) is -2.58. The van der Waals surface area contributed by atoms with Crippen molar-refractivity contribution in [1.29, 1.82) is 0 Å². The van der Waals surface area contributed by atoms with Crippen LogP contribution in [0.4, 0.5) is 24.5 Å². The molecule has 0 aliphatic rings. The van der Waals surface area contributed by atoms with Crippen molar-refractivity contribution in [3.05, 3.63) is 17.9 Å². The number of hydrogen-bond acceptors (Lipinski definition) is 5. The van der Waals surface area contributed by atoms with Gasteiger partial charge in [-0.1, -0.05) is 0 Å². The second-order valence-electron chi connectivity index (χ2n) is 4.25. The van der Waals surface area contributed by atoms with Gasteiger partial charge in [-0.15, -0.1) is 0 Å². The maximum Gasteiger partial charge on any atom is 0.387 e. The molecule has 0 aliphatic carbocycles. The van der Waals surface area contributed by atoms with Gasteiger partial charge in [0, 0.05) is 12.1 Å². The van der Waals surface area contributed by atoms with Crippen LogP contribution in [-0.2, 0) is 0 Å². The van der Waals surface area contributed by atoms with Crippen molar-refractivity contribution in [2.75, 3.05) is 24.3 Å². The van der Waals surface area contributed by atoms with Crippen LogP contribution in [0, 0.1) is 5.82 Å². The van der Waals surface area contributed by atoms with E-state index >= 15 is 0 Å². The summed E-state index contributed by atoms with van der Waals surface area (Å²) in [5, 5.41) is 20.9. The van der Waals surface area contributed by atoms with Crippen LogP contribution >= 0.6 is 0 Å². The van der Waals surface area contributed by atoms with Gasteiger partial charge >= 0.3 is 6.61 Å². The Hall–Kier alpha value is -1.67. The van der Waals surface area contributed by atoms with Crippen LogP contribution in [0.15, 0.2) is 12.1 Å². The Bertz CT molecular complexity index is 439. The van der Waals surface area contributed by atoms with Gasteiger partial charge in [0.2, 0.25) is 0 Å².